The molecule has 0 aliphatic carbocycles. The molecular weight excluding hydrogens is 1190 g/mol. The first-order valence-electron chi connectivity index (χ1n) is 33.6. The zero-order valence-electron chi connectivity index (χ0n) is 60.7. The van der Waals surface area contributed by atoms with Gasteiger partial charge in [0.05, 0.1) is 19.3 Å². The molecule has 0 bridgehead atoms. The van der Waals surface area contributed by atoms with Crippen molar-refractivity contribution < 1.29 is 62.6 Å². The van der Waals surface area contributed by atoms with Crippen molar-refractivity contribution in [2.24, 2.45) is 41.4 Å². The van der Waals surface area contributed by atoms with Crippen molar-refractivity contribution >= 4 is 65.0 Å². The molecule has 2 fully saturated rings. The molecule has 2 saturated heterocycles. The summed E-state index contributed by atoms with van der Waals surface area (Å²) in [6.07, 6.45) is 2.79. The molecule has 2 aliphatic rings. The topological polar surface area (TPSA) is 303 Å². The maximum atomic E-state index is 15.1. The van der Waals surface area contributed by atoms with Gasteiger partial charge in [0.15, 0.2) is 0 Å². The van der Waals surface area contributed by atoms with Gasteiger partial charge in [0.1, 0.15) is 60.4 Å². The van der Waals surface area contributed by atoms with E-state index >= 15 is 9.59 Å². The van der Waals surface area contributed by atoms with Gasteiger partial charge in [0.25, 0.3) is 0 Å². The number of carbonyl (C=O) groups is 11. The number of ether oxygens (including phenoxy) is 1. The molecule has 2 rings (SSSR count). The molecule has 2 aliphatic heterocycles. The van der Waals surface area contributed by atoms with Gasteiger partial charge in [-0.1, -0.05) is 102 Å². The number of aliphatic hydroxyl groups excluding tert-OH is 1. The summed E-state index contributed by atoms with van der Waals surface area (Å²) in [6, 6.07) is -12.6. The number of hydrogen-bond donors (Lipinski definition) is 6. The molecule has 532 valence electrons. The van der Waals surface area contributed by atoms with Crippen LogP contribution >= 0.6 is 0 Å². The second-order valence-electron chi connectivity index (χ2n) is 28.1. The Kier molecular flexibility index (Phi) is 34.7. The number of hydrogen-bond acceptors (Lipinski definition) is 15. The third-order valence-electron chi connectivity index (χ3n) is 18.0. The van der Waals surface area contributed by atoms with Crippen LogP contribution in [0.3, 0.4) is 0 Å². The number of methoxy groups -OCH3 is 1. The van der Waals surface area contributed by atoms with E-state index in [1.165, 1.54) is 80.6 Å². The molecule has 0 unspecified atom stereocenters. The third kappa shape index (κ3) is 24.2. The number of amides is 11. The van der Waals surface area contributed by atoms with Gasteiger partial charge in [-0.2, -0.15) is 0 Å². The second-order valence-corrected chi connectivity index (χ2v) is 28.1. The maximum Gasteiger partial charge on any atom is 0.245 e. The van der Waals surface area contributed by atoms with Crippen LogP contribution in [0.1, 0.15) is 143 Å². The fourth-order valence-corrected chi connectivity index (χ4v) is 12.2. The molecule has 0 aromatic rings. The summed E-state index contributed by atoms with van der Waals surface area (Å²) in [5.41, 5.74) is 0. The highest BCUT2D eigenvalue weighted by molar-refractivity contribution is 5.99. The Morgan fingerprint density at radius 2 is 0.989 bits per heavy atom. The Labute approximate surface area is 556 Å². The van der Waals surface area contributed by atoms with Crippen LogP contribution in [0.4, 0.5) is 0 Å². The number of rotatable bonds is 19. The number of nitrogens with zero attached hydrogens (tertiary/aromatic N) is 8. The highest BCUT2D eigenvalue weighted by Gasteiger charge is 2.45. The van der Waals surface area contributed by atoms with Gasteiger partial charge in [-0.3, -0.25) is 57.6 Å². The molecule has 93 heavy (non-hydrogen) atoms. The zero-order valence-corrected chi connectivity index (χ0v) is 60.7. The summed E-state index contributed by atoms with van der Waals surface area (Å²) in [7, 11) is 10.3. The number of nitrogens with one attached hydrogen (secondary N) is 5. The molecule has 26 nitrogen and oxygen atoms in total. The molecule has 0 aromatic carbocycles. The SMILES string of the molecule is C/C=C/C[C@@H](C)[C@@H](O)[C@@H]1NC(=O)[C@H](C(C)C)N(C)C(=O)[C@H](CC(C)C)N(C)C(=O)[C@H](CC(C)C)N(C)C(=O)[C@@H](C)NC(=O)[C@H](C)NC(=O)[C@H](CC(C)C)N(C)C(=O)[C@H](C(C)C)NC(=O)[C@H]([C@H](C)CN2CCN(CCOC)CC2)N(C)C(=O)CN(C)C(=O)[C@H](CC)NC1=O. The molecule has 0 saturated carbocycles. The molecule has 26 heteroatoms. The minimum absolute atomic E-state index is 0.00769. The van der Waals surface area contributed by atoms with Crippen LogP contribution in [0.5, 0.6) is 0 Å². The van der Waals surface area contributed by atoms with Crippen molar-refractivity contribution in [3.63, 3.8) is 0 Å². The standard InChI is InChI=1S/C67H121N13O13/c1-24-26-27-44(13)57(82)54-60(85)70-48(25-2)64(89)73(17)38-52(81)77(21)56(45(14)37-80-30-28-79(29-31-80)32-33-93-23)62(87)71-53(42(9)10)67(92)74(18)49(34-39(3)4)59(84)68-46(15)58(83)69-47(16)63(88)75(19)50(35-40(5)6)65(90)76(20)51(36-41(7)8)66(91)78(22)55(43(11)12)61(86)72-54/h24,26,39-51,53-57,82H,25,27-38H2,1-23H3,(H,68,84)(H,69,83)(H,70,85)(H,71,87)(H,72,86)/b26-24+/t44-,45-,46+,47-,48+,49+,50+,51+,53+,54+,55+,56+,57-/m1/s1. The summed E-state index contributed by atoms with van der Waals surface area (Å²) >= 11 is 0. The Morgan fingerprint density at radius 3 is 1.48 bits per heavy atom. The summed E-state index contributed by atoms with van der Waals surface area (Å²) in [5.74, 6) is -10.4. The molecular formula is C67H121N13O13. The van der Waals surface area contributed by atoms with E-state index in [9.17, 15) is 48.3 Å². The normalized spacial score (nSPS) is 27.2. The first-order chi connectivity index (χ1) is 43.3. The van der Waals surface area contributed by atoms with Crippen LogP contribution in [0, 0.1) is 41.4 Å². The zero-order chi connectivity index (χ0) is 71.2. The second kappa shape index (κ2) is 38.9. The molecule has 0 spiro atoms. The Morgan fingerprint density at radius 1 is 0.516 bits per heavy atom. The van der Waals surface area contributed by atoms with Gasteiger partial charge in [-0.25, -0.2) is 0 Å². The fourth-order valence-electron chi connectivity index (χ4n) is 12.2. The predicted octanol–water partition coefficient (Wildman–Crippen LogP) is 1.78. The number of allylic oxidation sites excluding steroid dienone is 2. The average molecular weight is 1320 g/mol. The lowest BCUT2D eigenvalue weighted by molar-refractivity contribution is -0.154. The number of aliphatic hydroxyl groups is 1. The Hall–Kier alpha value is -6.25. The quantitative estimate of drug-likeness (QED) is 0.101. The van der Waals surface area contributed by atoms with Gasteiger partial charge in [-0.15, -0.1) is 0 Å². The fraction of sp³-hybridized carbons (Fsp3) is 0.806. The van der Waals surface area contributed by atoms with Crippen molar-refractivity contribution in [1.29, 1.82) is 0 Å². The van der Waals surface area contributed by atoms with Crippen LogP contribution < -0.4 is 26.6 Å². The summed E-state index contributed by atoms with van der Waals surface area (Å²) < 4.78 is 5.30. The lowest BCUT2D eigenvalue weighted by atomic mass is 9.92. The average Bonchev–Trinajstić information content (AvgIpc) is 1.04. The Balaban J connectivity index is 2.97. The molecule has 2 heterocycles. The highest BCUT2D eigenvalue weighted by atomic mass is 16.5. The van der Waals surface area contributed by atoms with E-state index in [1.807, 2.05) is 48.5 Å². The van der Waals surface area contributed by atoms with Crippen molar-refractivity contribution in [2.75, 3.05) is 102 Å². The van der Waals surface area contributed by atoms with E-state index in [0.717, 1.165) is 24.5 Å². The molecule has 6 N–H and O–H groups in total. The monoisotopic (exact) mass is 1320 g/mol. The third-order valence-corrected chi connectivity index (χ3v) is 18.0. The summed E-state index contributed by atoms with van der Waals surface area (Å²) in [5, 5.41) is 25.9. The summed E-state index contributed by atoms with van der Waals surface area (Å²) in [4.78, 5) is 174. The van der Waals surface area contributed by atoms with Gasteiger partial charge < -0.3 is 70.7 Å². The highest BCUT2D eigenvalue weighted by Crippen LogP contribution is 2.24. The largest absolute Gasteiger partial charge is 0.390 e. The van der Waals surface area contributed by atoms with Gasteiger partial charge >= 0.3 is 0 Å². The number of likely N-dealkylation sites (N-methyl/N-ethyl adjacent to an activating group) is 6. The van der Waals surface area contributed by atoms with Crippen molar-refractivity contribution in [1.82, 2.24) is 65.8 Å². The minimum atomic E-state index is -1.68. The van der Waals surface area contributed by atoms with E-state index in [4.69, 9.17) is 4.74 Å². The lowest BCUT2D eigenvalue weighted by Gasteiger charge is -2.40. The van der Waals surface area contributed by atoms with Gasteiger partial charge in [-0.05, 0) is 94.3 Å². The Bertz CT molecular complexity index is 2520. The first kappa shape index (κ1) is 82.8. The molecule has 0 aromatic heterocycles. The van der Waals surface area contributed by atoms with Crippen molar-refractivity contribution in [2.45, 2.75) is 209 Å². The smallest absolute Gasteiger partial charge is 0.245 e. The molecule has 0 radical (unpaired) electrons. The predicted molar refractivity (Wildman–Crippen MR) is 358 cm³/mol. The van der Waals surface area contributed by atoms with Gasteiger partial charge in [0.2, 0.25) is 65.0 Å². The molecule has 13 atom stereocenters. The van der Waals surface area contributed by atoms with Crippen LogP contribution in [-0.2, 0) is 57.5 Å². The van der Waals surface area contributed by atoms with E-state index < -0.39 is 162 Å². The van der Waals surface area contributed by atoms with Crippen LogP contribution in [0.2, 0.25) is 0 Å². The van der Waals surface area contributed by atoms with E-state index in [2.05, 4.69) is 36.4 Å². The van der Waals surface area contributed by atoms with Crippen LogP contribution in [-0.4, -0.2) is 278 Å². The van der Waals surface area contributed by atoms with Crippen molar-refractivity contribution in [3.05, 3.63) is 12.2 Å². The molecule has 11 amide bonds. The lowest BCUT2D eigenvalue weighted by Crippen LogP contribution is -2.63. The summed E-state index contributed by atoms with van der Waals surface area (Å²) in [6.45, 7) is 31.9. The van der Waals surface area contributed by atoms with Gasteiger partial charge in [0, 0.05) is 88.7 Å². The van der Waals surface area contributed by atoms with Crippen molar-refractivity contribution in [3.8, 4) is 0 Å². The van der Waals surface area contributed by atoms with E-state index in [0.29, 0.717) is 32.7 Å². The van der Waals surface area contributed by atoms with E-state index in [1.54, 1.807) is 67.7 Å². The van der Waals surface area contributed by atoms with Crippen LogP contribution in [0.25, 0.3) is 0 Å². The van der Waals surface area contributed by atoms with Crippen LogP contribution in [0.15, 0.2) is 12.2 Å². The van der Waals surface area contributed by atoms with E-state index in [-0.39, 0.29) is 43.4 Å². The number of carbonyl (C=O) groups excluding carboxylic acids is 11. The maximum absolute atomic E-state index is 15.1. The number of piperazine rings is 1. The first-order valence-corrected chi connectivity index (χ1v) is 33.6. The minimum Gasteiger partial charge on any atom is -0.390 e.